The molecule has 1 amide bonds. The number of amides is 1. The highest BCUT2D eigenvalue weighted by Crippen LogP contribution is 2.19. The molecule has 0 spiro atoms. The summed E-state index contributed by atoms with van der Waals surface area (Å²) >= 11 is 1.36. The van der Waals surface area contributed by atoms with E-state index in [-0.39, 0.29) is 17.5 Å². The number of thiazole rings is 1. The van der Waals surface area contributed by atoms with Gasteiger partial charge in [-0.1, -0.05) is 26.7 Å². The summed E-state index contributed by atoms with van der Waals surface area (Å²) in [6.07, 6.45) is 3.86. The first-order valence-electron chi connectivity index (χ1n) is 8.37. The second-order valence-corrected chi connectivity index (χ2v) is 6.56. The minimum absolute atomic E-state index is 0.0295. The number of methoxy groups -OCH3 is 2. The lowest BCUT2D eigenvalue weighted by Crippen LogP contribution is -2.37. The molecule has 0 aliphatic rings. The van der Waals surface area contributed by atoms with Gasteiger partial charge < -0.3 is 14.4 Å². The third kappa shape index (κ3) is 6.20. The van der Waals surface area contributed by atoms with E-state index in [9.17, 15) is 9.59 Å². The molecule has 1 heterocycles. The Morgan fingerprint density at radius 3 is 2.67 bits per heavy atom. The second kappa shape index (κ2) is 11.1. The van der Waals surface area contributed by atoms with Crippen LogP contribution in [0.3, 0.4) is 0 Å². The normalized spacial score (nSPS) is 12.0. The van der Waals surface area contributed by atoms with Gasteiger partial charge in [-0.05, 0) is 12.8 Å². The SMILES string of the molecule is CCCCC(CC)C(=O)N(CCOC)Cc1nc(C(=O)OC)cs1. The van der Waals surface area contributed by atoms with E-state index in [2.05, 4.69) is 16.6 Å². The topological polar surface area (TPSA) is 68.7 Å². The highest BCUT2D eigenvalue weighted by atomic mass is 32.1. The molecule has 0 aliphatic heterocycles. The lowest BCUT2D eigenvalue weighted by atomic mass is 9.97. The Balaban J connectivity index is 2.81. The number of carbonyl (C=O) groups excluding carboxylic acids is 2. The number of unbranched alkanes of at least 4 members (excludes halogenated alkanes) is 1. The average molecular weight is 356 g/mol. The summed E-state index contributed by atoms with van der Waals surface area (Å²) in [5.74, 6) is -0.290. The Morgan fingerprint density at radius 2 is 2.08 bits per heavy atom. The summed E-state index contributed by atoms with van der Waals surface area (Å²) in [6, 6.07) is 0. The second-order valence-electron chi connectivity index (χ2n) is 5.62. The number of nitrogens with zero attached hydrogens (tertiary/aromatic N) is 2. The van der Waals surface area contributed by atoms with E-state index in [0.717, 1.165) is 30.7 Å². The van der Waals surface area contributed by atoms with Crippen molar-refractivity contribution in [1.82, 2.24) is 9.88 Å². The van der Waals surface area contributed by atoms with Gasteiger partial charge in [0.2, 0.25) is 5.91 Å². The zero-order chi connectivity index (χ0) is 17.9. The van der Waals surface area contributed by atoms with E-state index in [1.54, 1.807) is 17.4 Å². The number of carbonyl (C=O) groups is 2. The molecule has 6 nitrogen and oxygen atoms in total. The summed E-state index contributed by atoms with van der Waals surface area (Å²) in [5, 5.41) is 2.39. The fourth-order valence-corrected chi connectivity index (χ4v) is 3.20. The first kappa shape index (κ1) is 20.6. The van der Waals surface area contributed by atoms with Crippen LogP contribution in [0, 0.1) is 5.92 Å². The highest BCUT2D eigenvalue weighted by molar-refractivity contribution is 7.09. The fourth-order valence-electron chi connectivity index (χ4n) is 2.42. The summed E-state index contributed by atoms with van der Waals surface area (Å²) in [6.45, 7) is 5.57. The van der Waals surface area contributed by atoms with E-state index in [0.29, 0.717) is 19.7 Å². The van der Waals surface area contributed by atoms with Crippen LogP contribution in [0.4, 0.5) is 0 Å². The van der Waals surface area contributed by atoms with Crippen molar-refractivity contribution in [3.8, 4) is 0 Å². The first-order valence-corrected chi connectivity index (χ1v) is 9.25. The van der Waals surface area contributed by atoms with Gasteiger partial charge in [0.1, 0.15) is 5.01 Å². The molecular formula is C17H28N2O4S. The van der Waals surface area contributed by atoms with Crippen molar-refractivity contribution in [1.29, 1.82) is 0 Å². The number of ether oxygens (including phenoxy) is 2. The van der Waals surface area contributed by atoms with Crippen molar-refractivity contribution in [2.24, 2.45) is 5.92 Å². The Morgan fingerprint density at radius 1 is 1.33 bits per heavy atom. The molecule has 0 saturated carbocycles. The standard InChI is InChI=1S/C17H28N2O4S/c1-5-7-8-13(6-2)16(20)19(9-10-22-3)11-15-18-14(12-24-15)17(21)23-4/h12-13H,5-11H2,1-4H3. The number of hydrogen-bond donors (Lipinski definition) is 0. The van der Waals surface area contributed by atoms with Crippen LogP contribution in [0.1, 0.15) is 55.0 Å². The van der Waals surface area contributed by atoms with Gasteiger partial charge in [-0.15, -0.1) is 11.3 Å². The molecule has 0 saturated heterocycles. The zero-order valence-corrected chi connectivity index (χ0v) is 15.9. The molecule has 24 heavy (non-hydrogen) atoms. The van der Waals surface area contributed by atoms with E-state index >= 15 is 0 Å². The Labute approximate surface area is 148 Å². The van der Waals surface area contributed by atoms with Crippen LogP contribution in [-0.4, -0.2) is 49.1 Å². The minimum atomic E-state index is -0.457. The van der Waals surface area contributed by atoms with Crippen LogP contribution >= 0.6 is 11.3 Å². The van der Waals surface area contributed by atoms with Gasteiger partial charge in [-0.2, -0.15) is 0 Å². The summed E-state index contributed by atoms with van der Waals surface area (Å²) < 4.78 is 9.80. The average Bonchev–Trinajstić information content (AvgIpc) is 3.06. The number of esters is 1. The van der Waals surface area contributed by atoms with Crippen LogP contribution in [0.5, 0.6) is 0 Å². The Bertz CT molecular complexity index is 518. The summed E-state index contributed by atoms with van der Waals surface area (Å²) in [4.78, 5) is 30.4. The van der Waals surface area contributed by atoms with Gasteiger partial charge in [-0.25, -0.2) is 9.78 Å². The molecule has 0 aromatic carbocycles. The molecule has 1 atom stereocenters. The predicted molar refractivity (Wildman–Crippen MR) is 94.1 cm³/mol. The molecule has 1 unspecified atom stereocenters. The molecule has 0 radical (unpaired) electrons. The lowest BCUT2D eigenvalue weighted by Gasteiger charge is -2.26. The molecule has 1 rings (SSSR count). The monoisotopic (exact) mass is 356 g/mol. The number of aromatic nitrogens is 1. The van der Waals surface area contributed by atoms with Gasteiger partial charge in [0, 0.05) is 25.0 Å². The van der Waals surface area contributed by atoms with Crippen molar-refractivity contribution < 1.29 is 19.1 Å². The first-order chi connectivity index (χ1) is 11.6. The maximum atomic E-state index is 12.8. The van der Waals surface area contributed by atoms with Crippen molar-refractivity contribution in [3.63, 3.8) is 0 Å². The third-order valence-electron chi connectivity index (χ3n) is 3.90. The van der Waals surface area contributed by atoms with E-state index < -0.39 is 5.97 Å². The van der Waals surface area contributed by atoms with Crippen molar-refractivity contribution in [2.75, 3.05) is 27.4 Å². The maximum Gasteiger partial charge on any atom is 0.357 e. The molecule has 0 aliphatic carbocycles. The molecule has 7 heteroatoms. The van der Waals surface area contributed by atoms with E-state index in [4.69, 9.17) is 4.74 Å². The van der Waals surface area contributed by atoms with E-state index in [1.165, 1.54) is 18.4 Å². The van der Waals surface area contributed by atoms with Gasteiger partial charge in [0.15, 0.2) is 5.69 Å². The Kier molecular flexibility index (Phi) is 9.56. The van der Waals surface area contributed by atoms with Crippen molar-refractivity contribution >= 4 is 23.2 Å². The zero-order valence-electron chi connectivity index (χ0n) is 15.0. The third-order valence-corrected chi connectivity index (χ3v) is 4.73. The van der Waals surface area contributed by atoms with Gasteiger partial charge >= 0.3 is 5.97 Å². The van der Waals surface area contributed by atoms with Crippen LogP contribution in [0.25, 0.3) is 0 Å². The van der Waals surface area contributed by atoms with Gasteiger partial charge in [-0.3, -0.25) is 4.79 Å². The summed E-state index contributed by atoms with van der Waals surface area (Å²) in [7, 11) is 2.95. The maximum absolute atomic E-state index is 12.8. The molecule has 0 N–H and O–H groups in total. The van der Waals surface area contributed by atoms with Crippen LogP contribution < -0.4 is 0 Å². The lowest BCUT2D eigenvalue weighted by molar-refractivity contribution is -0.137. The van der Waals surface area contributed by atoms with Crippen LogP contribution in [0.15, 0.2) is 5.38 Å². The molecule has 1 aromatic rings. The molecule has 0 fully saturated rings. The van der Waals surface area contributed by atoms with Crippen molar-refractivity contribution in [2.45, 2.75) is 46.1 Å². The quantitative estimate of drug-likeness (QED) is 0.570. The molecule has 136 valence electrons. The largest absolute Gasteiger partial charge is 0.464 e. The molecule has 1 aromatic heterocycles. The highest BCUT2D eigenvalue weighted by Gasteiger charge is 2.24. The summed E-state index contributed by atoms with van der Waals surface area (Å²) in [5.41, 5.74) is 0.287. The van der Waals surface area contributed by atoms with Gasteiger partial charge in [0.25, 0.3) is 0 Å². The smallest absolute Gasteiger partial charge is 0.357 e. The Hall–Kier alpha value is -1.47. The predicted octanol–water partition coefficient (Wildman–Crippen LogP) is 3.12. The van der Waals surface area contributed by atoms with Crippen molar-refractivity contribution in [3.05, 3.63) is 16.1 Å². The van der Waals surface area contributed by atoms with Gasteiger partial charge in [0.05, 0.1) is 20.3 Å². The minimum Gasteiger partial charge on any atom is -0.464 e. The molecule has 0 bridgehead atoms. The number of hydrogen-bond acceptors (Lipinski definition) is 6. The molecular weight excluding hydrogens is 328 g/mol. The van der Waals surface area contributed by atoms with Crippen LogP contribution in [-0.2, 0) is 20.8 Å². The fraction of sp³-hybridized carbons (Fsp3) is 0.706. The van der Waals surface area contributed by atoms with Crippen LogP contribution in [0.2, 0.25) is 0 Å². The van der Waals surface area contributed by atoms with E-state index in [1.807, 2.05) is 6.92 Å². The number of rotatable bonds is 11.